The Balaban J connectivity index is 1.39. The van der Waals surface area contributed by atoms with Crippen molar-refractivity contribution in [1.29, 1.82) is 0 Å². The number of amides is 1. The monoisotopic (exact) mass is 383 g/mol. The van der Waals surface area contributed by atoms with Crippen LogP contribution >= 0.6 is 11.8 Å². The first-order valence-electron chi connectivity index (χ1n) is 8.74. The van der Waals surface area contributed by atoms with Gasteiger partial charge in [0.25, 0.3) is 5.91 Å². The van der Waals surface area contributed by atoms with Crippen LogP contribution in [0.2, 0.25) is 0 Å². The normalized spacial score (nSPS) is 19.6. The van der Waals surface area contributed by atoms with E-state index in [-0.39, 0.29) is 17.5 Å². The predicted molar refractivity (Wildman–Crippen MR) is 102 cm³/mol. The fourth-order valence-electron chi connectivity index (χ4n) is 3.19. The summed E-state index contributed by atoms with van der Waals surface area (Å²) in [5.41, 5.74) is 1.89. The van der Waals surface area contributed by atoms with Crippen LogP contribution in [0.4, 0.5) is 10.1 Å². The van der Waals surface area contributed by atoms with Crippen molar-refractivity contribution in [3.63, 3.8) is 0 Å². The minimum Gasteiger partial charge on any atom is -0.872 e. The predicted octanol–water partition coefficient (Wildman–Crippen LogP) is 1.40. The zero-order valence-corrected chi connectivity index (χ0v) is 15.3. The van der Waals surface area contributed by atoms with Gasteiger partial charge in [0.1, 0.15) is 11.5 Å². The van der Waals surface area contributed by atoms with Crippen molar-refractivity contribution in [2.24, 2.45) is 4.99 Å². The van der Waals surface area contributed by atoms with Gasteiger partial charge in [-0.2, -0.15) is 4.99 Å². The van der Waals surface area contributed by atoms with Crippen LogP contribution in [0.5, 0.6) is 5.75 Å². The zero-order chi connectivity index (χ0) is 18.8. The van der Waals surface area contributed by atoms with Gasteiger partial charge in [-0.05, 0) is 35.5 Å². The van der Waals surface area contributed by atoms with Crippen molar-refractivity contribution in [2.75, 3.05) is 26.2 Å². The van der Waals surface area contributed by atoms with E-state index in [0.717, 1.165) is 42.6 Å². The molecule has 2 heterocycles. The summed E-state index contributed by atoms with van der Waals surface area (Å²) >= 11 is 1.37. The van der Waals surface area contributed by atoms with Gasteiger partial charge in [-0.15, -0.1) is 5.75 Å². The van der Waals surface area contributed by atoms with Gasteiger partial charge in [-0.1, -0.05) is 24.3 Å². The van der Waals surface area contributed by atoms with Crippen LogP contribution in [0.1, 0.15) is 5.56 Å². The molecule has 2 aromatic rings. The van der Waals surface area contributed by atoms with Gasteiger partial charge < -0.3 is 10.0 Å². The number of aliphatic imine (C=N–C) groups is 1. The molecule has 0 saturated carbocycles. The molecule has 27 heavy (non-hydrogen) atoms. The number of hydrogen-bond donors (Lipinski definition) is 1. The topological polar surface area (TPSA) is 60.2 Å². The molecular weight excluding hydrogens is 365 g/mol. The van der Waals surface area contributed by atoms with Gasteiger partial charge in [0.05, 0.1) is 31.1 Å². The molecule has 0 unspecified atom stereocenters. The van der Waals surface area contributed by atoms with Crippen molar-refractivity contribution in [1.82, 2.24) is 4.90 Å². The maximum Gasteiger partial charge on any atom is 0.286 e. The smallest absolute Gasteiger partial charge is 0.286 e. The van der Waals surface area contributed by atoms with Crippen molar-refractivity contribution in [3.8, 4) is 5.75 Å². The summed E-state index contributed by atoms with van der Waals surface area (Å²) in [7, 11) is 0. The average molecular weight is 383 g/mol. The number of quaternary nitrogens is 1. The van der Waals surface area contributed by atoms with E-state index in [2.05, 4.69) is 9.89 Å². The lowest BCUT2D eigenvalue weighted by Crippen LogP contribution is -3.10. The summed E-state index contributed by atoms with van der Waals surface area (Å²) in [5.74, 6) is -0.522. The maximum atomic E-state index is 13.1. The lowest BCUT2D eigenvalue weighted by atomic mass is 10.2. The highest BCUT2D eigenvalue weighted by Crippen LogP contribution is 2.30. The van der Waals surface area contributed by atoms with E-state index in [9.17, 15) is 14.3 Å². The second-order valence-electron chi connectivity index (χ2n) is 6.48. The number of hydrogen-bond acceptors (Lipinski definition) is 4. The minimum absolute atomic E-state index is 0.0546. The Morgan fingerprint density at radius 3 is 2.41 bits per heavy atom. The average Bonchev–Trinajstić information content (AvgIpc) is 3.05. The Hall–Kier alpha value is -2.64. The highest BCUT2D eigenvalue weighted by atomic mass is 32.2. The number of carbonyl (C=O) groups excluding carboxylic acids is 1. The summed E-state index contributed by atoms with van der Waals surface area (Å²) in [4.78, 5) is 20.4. The fourth-order valence-corrected chi connectivity index (χ4v) is 4.16. The Morgan fingerprint density at radius 2 is 1.74 bits per heavy atom. The van der Waals surface area contributed by atoms with Crippen LogP contribution in [0.25, 0.3) is 6.08 Å². The largest absolute Gasteiger partial charge is 0.872 e. The number of carbonyl (C=O) groups is 1. The van der Waals surface area contributed by atoms with Crippen molar-refractivity contribution < 1.29 is 19.2 Å². The second kappa shape index (κ2) is 7.54. The van der Waals surface area contributed by atoms with Crippen LogP contribution in [-0.4, -0.2) is 42.2 Å². The SMILES string of the molecule is O=C1N=C(N2CC[NH+](c3ccc(F)cc3)CC2)S/C1=C\c1ccc([O-])cc1. The number of benzene rings is 2. The molecule has 0 radical (unpaired) electrons. The molecule has 0 aliphatic carbocycles. The third-order valence-corrected chi connectivity index (χ3v) is 5.72. The summed E-state index contributed by atoms with van der Waals surface area (Å²) in [6.45, 7) is 3.29. The number of amidine groups is 1. The molecule has 2 aliphatic rings. The standard InChI is InChI=1S/C20H18FN3O2S/c21-15-3-5-16(6-4-15)23-9-11-24(12-10-23)20-22-19(26)18(27-20)13-14-1-7-17(25)8-2-14/h1-8,13,25H,9-12H2/b18-13-. The van der Waals surface area contributed by atoms with Crippen molar-refractivity contribution in [2.45, 2.75) is 0 Å². The first kappa shape index (κ1) is 17.8. The van der Waals surface area contributed by atoms with E-state index in [1.54, 1.807) is 18.2 Å². The number of thioether (sulfide) groups is 1. The van der Waals surface area contributed by atoms with E-state index in [1.807, 2.05) is 12.1 Å². The van der Waals surface area contributed by atoms with Gasteiger partial charge in [-0.25, -0.2) is 4.39 Å². The summed E-state index contributed by atoms with van der Waals surface area (Å²) in [6.07, 6.45) is 1.77. The molecule has 0 bridgehead atoms. The molecule has 0 spiro atoms. The molecule has 1 N–H and O–H groups in total. The van der Waals surface area contributed by atoms with E-state index >= 15 is 0 Å². The third-order valence-electron chi connectivity index (χ3n) is 4.68. The van der Waals surface area contributed by atoms with Crippen LogP contribution in [0.15, 0.2) is 58.4 Å². The van der Waals surface area contributed by atoms with Gasteiger partial charge in [0.2, 0.25) is 0 Å². The fraction of sp³-hybridized carbons (Fsp3) is 0.200. The van der Waals surface area contributed by atoms with Gasteiger partial charge in [0, 0.05) is 12.1 Å². The van der Waals surface area contributed by atoms with E-state index < -0.39 is 0 Å². The van der Waals surface area contributed by atoms with Crippen LogP contribution in [0.3, 0.4) is 0 Å². The minimum atomic E-state index is -0.241. The van der Waals surface area contributed by atoms with Gasteiger partial charge >= 0.3 is 0 Å². The Labute approximate surface area is 160 Å². The molecule has 2 aliphatic heterocycles. The summed E-state index contributed by atoms with van der Waals surface area (Å²) in [5, 5.41) is 11.9. The molecule has 7 heteroatoms. The van der Waals surface area contributed by atoms with Crippen molar-refractivity contribution >= 4 is 34.6 Å². The molecule has 1 fully saturated rings. The molecule has 1 amide bonds. The van der Waals surface area contributed by atoms with E-state index in [0.29, 0.717) is 4.91 Å². The highest BCUT2D eigenvalue weighted by molar-refractivity contribution is 8.18. The highest BCUT2D eigenvalue weighted by Gasteiger charge is 2.30. The molecular formula is C20H18FN3O2S. The molecule has 5 nitrogen and oxygen atoms in total. The van der Waals surface area contributed by atoms with E-state index in [1.165, 1.54) is 40.9 Å². The van der Waals surface area contributed by atoms with Crippen molar-refractivity contribution in [3.05, 3.63) is 64.8 Å². The van der Waals surface area contributed by atoms with Crippen LogP contribution < -0.4 is 10.0 Å². The molecule has 0 aromatic heterocycles. The number of halogens is 1. The van der Waals surface area contributed by atoms with Gasteiger partial charge in [0.15, 0.2) is 5.17 Å². The van der Waals surface area contributed by atoms with Crippen LogP contribution in [0, 0.1) is 5.82 Å². The number of piperazine rings is 1. The Morgan fingerprint density at radius 1 is 1.07 bits per heavy atom. The second-order valence-corrected chi connectivity index (χ2v) is 7.49. The zero-order valence-electron chi connectivity index (χ0n) is 14.5. The molecule has 138 valence electrons. The Bertz CT molecular complexity index is 902. The third kappa shape index (κ3) is 4.04. The number of nitrogens with one attached hydrogen (secondary N) is 1. The number of rotatable bonds is 2. The maximum absolute atomic E-state index is 13.1. The quantitative estimate of drug-likeness (QED) is 0.797. The first-order valence-corrected chi connectivity index (χ1v) is 9.55. The molecule has 1 saturated heterocycles. The van der Waals surface area contributed by atoms with Crippen LogP contribution in [-0.2, 0) is 4.79 Å². The number of nitrogens with zero attached hydrogens (tertiary/aromatic N) is 2. The lowest BCUT2D eigenvalue weighted by Gasteiger charge is -2.32. The van der Waals surface area contributed by atoms with Gasteiger partial charge in [-0.3, -0.25) is 9.69 Å². The summed E-state index contributed by atoms with van der Waals surface area (Å²) in [6, 6.07) is 13.0. The molecule has 0 atom stereocenters. The molecule has 2 aromatic carbocycles. The summed E-state index contributed by atoms with van der Waals surface area (Å²) < 4.78 is 13.1. The lowest BCUT2D eigenvalue weighted by molar-refractivity contribution is -0.837. The Kier molecular flexibility index (Phi) is 4.96. The molecule has 4 rings (SSSR count). The van der Waals surface area contributed by atoms with E-state index in [4.69, 9.17) is 0 Å². The first-order chi connectivity index (χ1) is 13.1.